The van der Waals surface area contributed by atoms with E-state index in [0.717, 1.165) is 31.7 Å². The largest absolute Gasteiger partial charge is 0.376 e. The van der Waals surface area contributed by atoms with Crippen molar-refractivity contribution in [3.8, 4) is 0 Å². The van der Waals surface area contributed by atoms with Crippen molar-refractivity contribution >= 4 is 21.2 Å². The number of sulfone groups is 1. The first-order valence-corrected chi connectivity index (χ1v) is 11.2. The molecule has 0 N–H and O–H groups in total. The van der Waals surface area contributed by atoms with E-state index >= 15 is 0 Å². The van der Waals surface area contributed by atoms with Crippen LogP contribution in [0.3, 0.4) is 0 Å². The second kappa shape index (κ2) is 7.57. The number of nitrogens with zero attached hydrogens (tertiary/aromatic N) is 3. The molecule has 25 heavy (non-hydrogen) atoms. The summed E-state index contributed by atoms with van der Waals surface area (Å²) in [6.45, 7) is 4.89. The van der Waals surface area contributed by atoms with Gasteiger partial charge in [-0.3, -0.25) is 4.90 Å². The Bertz CT molecular complexity index is 820. The lowest BCUT2D eigenvalue weighted by molar-refractivity contribution is 0.0934. The summed E-state index contributed by atoms with van der Waals surface area (Å²) >= 11 is 1.75. The molecule has 1 unspecified atom stereocenters. The van der Waals surface area contributed by atoms with E-state index in [1.807, 2.05) is 11.6 Å². The van der Waals surface area contributed by atoms with E-state index in [1.165, 1.54) is 16.7 Å². The molecular formula is C17H25N3O3S2. The Balaban J connectivity index is 1.79. The number of imidazole rings is 1. The lowest BCUT2D eigenvalue weighted by Crippen LogP contribution is -2.24. The Morgan fingerprint density at radius 3 is 2.84 bits per heavy atom. The molecule has 0 saturated carbocycles. The van der Waals surface area contributed by atoms with Crippen LogP contribution in [0, 0.1) is 6.92 Å². The highest BCUT2D eigenvalue weighted by Crippen LogP contribution is 2.21. The van der Waals surface area contributed by atoms with Crippen LogP contribution in [0.1, 0.15) is 29.0 Å². The fraction of sp³-hybridized carbons (Fsp3) is 0.588. The lowest BCUT2D eigenvalue weighted by atomic mass is 10.2. The van der Waals surface area contributed by atoms with Gasteiger partial charge in [0.25, 0.3) is 0 Å². The summed E-state index contributed by atoms with van der Waals surface area (Å²) in [6.07, 6.45) is 4.96. The van der Waals surface area contributed by atoms with Gasteiger partial charge in [0.1, 0.15) is 0 Å². The van der Waals surface area contributed by atoms with Crippen LogP contribution in [0.2, 0.25) is 0 Å². The summed E-state index contributed by atoms with van der Waals surface area (Å²) in [4.78, 5) is 7.71. The van der Waals surface area contributed by atoms with Gasteiger partial charge in [0, 0.05) is 30.8 Å². The van der Waals surface area contributed by atoms with Gasteiger partial charge < -0.3 is 9.30 Å². The van der Waals surface area contributed by atoms with Gasteiger partial charge in [-0.25, -0.2) is 13.4 Å². The van der Waals surface area contributed by atoms with Gasteiger partial charge in [0.15, 0.2) is 0 Å². The zero-order chi connectivity index (χ0) is 18.0. The first-order chi connectivity index (χ1) is 11.8. The molecule has 2 aromatic rings. The van der Waals surface area contributed by atoms with Crippen LogP contribution in [-0.2, 0) is 34.2 Å². The van der Waals surface area contributed by atoms with E-state index in [9.17, 15) is 8.42 Å². The van der Waals surface area contributed by atoms with Crippen LogP contribution in [0.4, 0.5) is 0 Å². The molecule has 6 nitrogen and oxygen atoms in total. The number of rotatable bonds is 7. The topological polar surface area (TPSA) is 64.4 Å². The molecule has 1 aliphatic heterocycles. The third-order valence-corrected chi connectivity index (χ3v) is 6.45. The van der Waals surface area contributed by atoms with Crippen LogP contribution in [0.5, 0.6) is 0 Å². The summed E-state index contributed by atoms with van der Waals surface area (Å²) in [6, 6.07) is 2.12. The van der Waals surface area contributed by atoms with Crippen molar-refractivity contribution in [1.29, 1.82) is 0 Å². The summed E-state index contributed by atoms with van der Waals surface area (Å²) in [5.74, 6) is 0. The van der Waals surface area contributed by atoms with Gasteiger partial charge >= 0.3 is 0 Å². The van der Waals surface area contributed by atoms with E-state index in [4.69, 9.17) is 4.74 Å². The van der Waals surface area contributed by atoms with Crippen molar-refractivity contribution < 1.29 is 13.2 Å². The fourth-order valence-electron chi connectivity index (χ4n) is 3.15. The number of hydrogen-bond donors (Lipinski definition) is 0. The van der Waals surface area contributed by atoms with Gasteiger partial charge in [0.05, 0.1) is 24.5 Å². The molecule has 1 fully saturated rings. The van der Waals surface area contributed by atoms with Gasteiger partial charge in [-0.1, -0.05) is 0 Å². The molecule has 3 rings (SSSR count). The van der Waals surface area contributed by atoms with Crippen molar-refractivity contribution in [2.24, 2.45) is 0 Å². The second-order valence-electron chi connectivity index (χ2n) is 6.75. The quantitative estimate of drug-likeness (QED) is 0.735. The van der Waals surface area contributed by atoms with Crippen LogP contribution in [0.15, 0.2) is 22.8 Å². The zero-order valence-electron chi connectivity index (χ0n) is 14.9. The second-order valence-corrected chi connectivity index (χ2v) is 9.66. The van der Waals surface area contributed by atoms with E-state index in [1.54, 1.807) is 17.5 Å². The molecule has 0 radical (unpaired) electrons. The number of aromatic nitrogens is 2. The molecule has 0 bridgehead atoms. The molecule has 1 atom stereocenters. The number of ether oxygens (including phenoxy) is 1. The van der Waals surface area contributed by atoms with E-state index in [2.05, 4.69) is 28.3 Å². The highest BCUT2D eigenvalue weighted by atomic mass is 32.2. The Morgan fingerprint density at radius 1 is 1.44 bits per heavy atom. The van der Waals surface area contributed by atoms with Gasteiger partial charge in [-0.05, 0) is 43.8 Å². The standard InChI is InChI=1S/C17H25N3O3S2/c1-13-6-8-24-16(13)12-19(2)10-14-9-18-17(25(3,21)22)20(14)11-15-5-4-7-23-15/h6,8-9,15H,4-5,7,10-12H2,1-3H3. The predicted molar refractivity (Wildman–Crippen MR) is 98.5 cm³/mol. The molecule has 8 heteroatoms. The normalized spacial score (nSPS) is 18.3. The minimum absolute atomic E-state index is 0.0679. The SMILES string of the molecule is Cc1ccsc1CN(C)Cc1cnc(S(C)(=O)=O)n1CC1CCCO1. The maximum atomic E-state index is 12.1. The Morgan fingerprint density at radius 2 is 2.24 bits per heavy atom. The van der Waals surface area contributed by atoms with E-state index < -0.39 is 9.84 Å². The Hall–Kier alpha value is -1.22. The molecule has 1 saturated heterocycles. The monoisotopic (exact) mass is 383 g/mol. The lowest BCUT2D eigenvalue weighted by Gasteiger charge is -2.20. The van der Waals surface area contributed by atoms with E-state index in [0.29, 0.717) is 13.1 Å². The Kier molecular flexibility index (Phi) is 5.62. The molecule has 0 aromatic carbocycles. The van der Waals surface area contributed by atoms with E-state index in [-0.39, 0.29) is 11.3 Å². The number of aryl methyl sites for hydroxylation is 1. The number of thiophene rings is 1. The molecule has 0 aliphatic carbocycles. The first-order valence-electron chi connectivity index (χ1n) is 8.42. The third kappa shape index (κ3) is 4.49. The van der Waals surface area contributed by atoms with Gasteiger partial charge in [0.2, 0.25) is 15.0 Å². The minimum atomic E-state index is -3.37. The zero-order valence-corrected chi connectivity index (χ0v) is 16.6. The molecule has 3 heterocycles. The van der Waals surface area contributed by atoms with Crippen molar-refractivity contribution in [3.63, 3.8) is 0 Å². The van der Waals surface area contributed by atoms with Crippen LogP contribution < -0.4 is 0 Å². The van der Waals surface area contributed by atoms with Crippen molar-refractivity contribution in [1.82, 2.24) is 14.5 Å². The molecule has 0 spiro atoms. The molecule has 2 aromatic heterocycles. The molecule has 0 amide bonds. The number of hydrogen-bond acceptors (Lipinski definition) is 6. The minimum Gasteiger partial charge on any atom is -0.376 e. The third-order valence-electron chi connectivity index (χ3n) is 4.46. The average molecular weight is 384 g/mol. The Labute approximate surface area is 153 Å². The van der Waals surface area contributed by atoms with Crippen molar-refractivity contribution in [2.45, 2.75) is 50.7 Å². The first kappa shape index (κ1) is 18.6. The smallest absolute Gasteiger partial charge is 0.227 e. The maximum absolute atomic E-state index is 12.1. The molecule has 1 aliphatic rings. The summed E-state index contributed by atoms with van der Waals surface area (Å²) in [5.41, 5.74) is 2.20. The van der Waals surface area contributed by atoms with Crippen LogP contribution >= 0.6 is 11.3 Å². The van der Waals surface area contributed by atoms with Gasteiger partial charge in [-0.2, -0.15) is 0 Å². The van der Waals surface area contributed by atoms with Gasteiger partial charge in [-0.15, -0.1) is 11.3 Å². The van der Waals surface area contributed by atoms with Crippen molar-refractivity contribution in [3.05, 3.63) is 33.8 Å². The average Bonchev–Trinajstić information content (AvgIpc) is 3.23. The summed E-state index contributed by atoms with van der Waals surface area (Å²) in [7, 11) is -1.32. The fourth-order valence-corrected chi connectivity index (χ4v) is 4.97. The van der Waals surface area contributed by atoms with Crippen LogP contribution in [0.25, 0.3) is 0 Å². The van der Waals surface area contributed by atoms with Crippen molar-refractivity contribution in [2.75, 3.05) is 19.9 Å². The van der Waals surface area contributed by atoms with Crippen LogP contribution in [-0.4, -0.2) is 48.9 Å². The molecular weight excluding hydrogens is 358 g/mol. The maximum Gasteiger partial charge on any atom is 0.227 e. The summed E-state index contributed by atoms with van der Waals surface area (Å²) in [5, 5.41) is 2.24. The molecule has 138 valence electrons. The predicted octanol–water partition coefficient (Wildman–Crippen LogP) is 2.47. The highest BCUT2D eigenvalue weighted by Gasteiger charge is 2.24. The highest BCUT2D eigenvalue weighted by molar-refractivity contribution is 7.90. The summed E-state index contributed by atoms with van der Waals surface area (Å²) < 4.78 is 31.7.